The summed E-state index contributed by atoms with van der Waals surface area (Å²) in [4.78, 5) is 29.6. The monoisotopic (exact) mass is 476 g/mol. The van der Waals surface area contributed by atoms with E-state index in [2.05, 4.69) is 4.98 Å². The molecule has 0 atom stereocenters. The molecule has 0 aliphatic carbocycles. The van der Waals surface area contributed by atoms with Crippen LogP contribution < -0.4 is 19.1 Å². The van der Waals surface area contributed by atoms with Crippen molar-refractivity contribution in [2.24, 2.45) is 0 Å². The van der Waals surface area contributed by atoms with Crippen LogP contribution in [0.4, 0.5) is 24.0 Å². The molecule has 0 fully saturated rings. The number of carbonyl (C=O) groups excluding carboxylic acids is 2. The quantitative estimate of drug-likeness (QED) is 0.286. The molecule has 4 rings (SSSR count). The fourth-order valence-electron chi connectivity index (χ4n) is 2.95. The van der Waals surface area contributed by atoms with Gasteiger partial charge in [0.1, 0.15) is 5.75 Å². The molecule has 33 heavy (non-hydrogen) atoms. The summed E-state index contributed by atoms with van der Waals surface area (Å²) in [6.45, 7) is 1.32. The molecule has 1 aromatic heterocycles. The Morgan fingerprint density at radius 3 is 2.70 bits per heavy atom. The molecule has 0 bridgehead atoms. The third-order valence-corrected chi connectivity index (χ3v) is 5.24. The molecule has 1 aliphatic heterocycles. The fourth-order valence-corrected chi connectivity index (χ4v) is 3.80. The number of amides is 1. The van der Waals surface area contributed by atoms with Crippen molar-refractivity contribution in [3.63, 3.8) is 0 Å². The summed E-state index contributed by atoms with van der Waals surface area (Å²) in [5, 5.41) is 1.72. The van der Waals surface area contributed by atoms with Crippen LogP contribution in [-0.2, 0) is 15.8 Å². The van der Waals surface area contributed by atoms with E-state index < -0.39 is 23.6 Å². The topological polar surface area (TPSA) is 78.0 Å². The Morgan fingerprint density at radius 1 is 1.15 bits per heavy atom. The van der Waals surface area contributed by atoms with E-state index in [0.717, 1.165) is 34.4 Å². The van der Waals surface area contributed by atoms with Crippen molar-refractivity contribution >= 4 is 40.1 Å². The molecule has 2 aromatic carbocycles. The first-order valence-corrected chi connectivity index (χ1v) is 10.3. The smallest absolute Gasteiger partial charge is 0.416 e. The van der Waals surface area contributed by atoms with E-state index in [4.69, 9.17) is 14.2 Å². The number of anilines is 2. The number of aromatic nitrogens is 1. The van der Waals surface area contributed by atoms with Crippen molar-refractivity contribution < 1.29 is 37.0 Å². The number of benzene rings is 2. The van der Waals surface area contributed by atoms with Gasteiger partial charge in [0.25, 0.3) is 0 Å². The number of hydrogen-bond acceptors (Lipinski definition) is 7. The van der Waals surface area contributed by atoms with Crippen molar-refractivity contribution in [3.8, 4) is 17.2 Å². The summed E-state index contributed by atoms with van der Waals surface area (Å²) in [5.74, 6) is 0.0924. The highest BCUT2D eigenvalue weighted by atomic mass is 32.1. The minimum Gasteiger partial charge on any atom is -0.454 e. The average Bonchev–Trinajstić information content (AvgIpc) is 3.41. The van der Waals surface area contributed by atoms with Gasteiger partial charge in [0.05, 0.1) is 16.9 Å². The van der Waals surface area contributed by atoms with E-state index in [0.29, 0.717) is 17.2 Å². The highest BCUT2D eigenvalue weighted by Gasteiger charge is 2.31. The maximum atomic E-state index is 13.1. The van der Waals surface area contributed by atoms with Gasteiger partial charge in [0.2, 0.25) is 12.7 Å². The lowest BCUT2D eigenvalue weighted by atomic mass is 10.2. The van der Waals surface area contributed by atoms with Crippen LogP contribution >= 0.6 is 11.3 Å². The van der Waals surface area contributed by atoms with Crippen LogP contribution in [0.2, 0.25) is 0 Å². The van der Waals surface area contributed by atoms with E-state index in [9.17, 15) is 22.8 Å². The molecule has 0 N–H and O–H groups in total. The zero-order valence-corrected chi connectivity index (χ0v) is 17.8. The molecule has 170 valence electrons. The predicted octanol–water partition coefficient (Wildman–Crippen LogP) is 5.19. The number of hydrogen-bond donors (Lipinski definition) is 0. The zero-order valence-electron chi connectivity index (χ0n) is 17.0. The number of rotatable bonds is 5. The van der Waals surface area contributed by atoms with Crippen LogP contribution in [0.1, 0.15) is 18.2 Å². The maximum absolute atomic E-state index is 13.1. The fraction of sp³-hybridized carbons (Fsp3) is 0.136. The Hall–Kier alpha value is -3.86. The number of fused-ring (bicyclic) bond motifs is 1. The van der Waals surface area contributed by atoms with Crippen molar-refractivity contribution in [3.05, 3.63) is 65.2 Å². The summed E-state index contributed by atoms with van der Waals surface area (Å²) in [6, 6.07) is 9.09. The van der Waals surface area contributed by atoms with E-state index in [1.54, 1.807) is 17.5 Å². The van der Waals surface area contributed by atoms with Gasteiger partial charge in [-0.25, -0.2) is 9.78 Å². The van der Waals surface area contributed by atoms with E-state index >= 15 is 0 Å². The molecule has 0 saturated heterocycles. The van der Waals surface area contributed by atoms with Crippen LogP contribution in [0.15, 0.2) is 53.9 Å². The van der Waals surface area contributed by atoms with E-state index in [1.807, 2.05) is 0 Å². The van der Waals surface area contributed by atoms with Gasteiger partial charge in [-0.2, -0.15) is 13.2 Å². The second-order valence-corrected chi connectivity index (χ2v) is 7.56. The summed E-state index contributed by atoms with van der Waals surface area (Å²) >= 11 is 1.04. The predicted molar refractivity (Wildman–Crippen MR) is 114 cm³/mol. The first-order valence-electron chi connectivity index (χ1n) is 9.44. The lowest BCUT2D eigenvalue weighted by molar-refractivity contribution is -0.137. The molecule has 1 amide bonds. The molecular weight excluding hydrogens is 461 g/mol. The second kappa shape index (κ2) is 8.94. The molecule has 2 heterocycles. The van der Waals surface area contributed by atoms with Crippen molar-refractivity contribution in [2.45, 2.75) is 13.1 Å². The van der Waals surface area contributed by atoms with Gasteiger partial charge in [-0.1, -0.05) is 6.07 Å². The van der Waals surface area contributed by atoms with Crippen LogP contribution in [0.5, 0.6) is 17.2 Å². The molecule has 0 radical (unpaired) electrons. The van der Waals surface area contributed by atoms with Crippen LogP contribution in [0, 0.1) is 0 Å². The number of alkyl halides is 3. The molecule has 7 nitrogen and oxygen atoms in total. The van der Waals surface area contributed by atoms with Crippen molar-refractivity contribution in [1.82, 2.24) is 4.98 Å². The summed E-state index contributed by atoms with van der Waals surface area (Å²) in [7, 11) is 0. The zero-order chi connectivity index (χ0) is 23.6. The van der Waals surface area contributed by atoms with Gasteiger partial charge >= 0.3 is 12.1 Å². The third kappa shape index (κ3) is 5.14. The summed E-state index contributed by atoms with van der Waals surface area (Å²) < 4.78 is 54.8. The van der Waals surface area contributed by atoms with Gasteiger partial charge < -0.3 is 14.2 Å². The molecule has 0 unspecified atom stereocenters. The van der Waals surface area contributed by atoms with Gasteiger partial charge in [-0.3, -0.25) is 9.69 Å². The normalized spacial score (nSPS) is 12.7. The second-order valence-electron chi connectivity index (χ2n) is 6.73. The largest absolute Gasteiger partial charge is 0.454 e. The maximum Gasteiger partial charge on any atom is 0.416 e. The van der Waals surface area contributed by atoms with E-state index in [-0.39, 0.29) is 23.4 Å². The number of esters is 1. The van der Waals surface area contributed by atoms with Crippen LogP contribution in [0.25, 0.3) is 6.08 Å². The first kappa shape index (κ1) is 22.3. The van der Waals surface area contributed by atoms with Crippen molar-refractivity contribution in [2.75, 3.05) is 11.7 Å². The van der Waals surface area contributed by atoms with E-state index in [1.165, 1.54) is 31.2 Å². The number of nitrogens with zero attached hydrogens (tertiary/aromatic N) is 2. The Kier molecular flexibility index (Phi) is 6.05. The van der Waals surface area contributed by atoms with Gasteiger partial charge in [-0.15, -0.1) is 11.3 Å². The summed E-state index contributed by atoms with van der Waals surface area (Å²) in [5.41, 5.74) is -0.519. The minimum absolute atomic E-state index is 0.0319. The minimum atomic E-state index is -4.55. The molecule has 1 aliphatic rings. The highest BCUT2D eigenvalue weighted by Crippen LogP contribution is 2.36. The molecule has 3 aromatic rings. The lowest BCUT2D eigenvalue weighted by Gasteiger charge is -2.19. The number of halogens is 3. The van der Waals surface area contributed by atoms with Crippen LogP contribution in [0.3, 0.4) is 0 Å². The molecule has 0 saturated carbocycles. The van der Waals surface area contributed by atoms with Gasteiger partial charge in [0, 0.05) is 24.4 Å². The lowest BCUT2D eigenvalue weighted by Crippen LogP contribution is -2.23. The first-order chi connectivity index (χ1) is 15.7. The Balaban J connectivity index is 1.48. The molecule has 0 spiro atoms. The Bertz CT molecular complexity index is 1240. The highest BCUT2D eigenvalue weighted by molar-refractivity contribution is 7.14. The summed E-state index contributed by atoms with van der Waals surface area (Å²) in [6.07, 6.45) is -2.03. The SMILES string of the molecule is CC(=O)N(c1cccc(C(F)(F)F)c1)c1nc(/C=C/C(=O)Oc2ccc3c(c2)OCO3)cs1. The van der Waals surface area contributed by atoms with Crippen molar-refractivity contribution in [1.29, 1.82) is 0 Å². The van der Waals surface area contributed by atoms with Gasteiger partial charge in [-0.05, 0) is 36.4 Å². The number of ether oxygens (including phenoxy) is 3. The Morgan fingerprint density at radius 2 is 1.94 bits per heavy atom. The van der Waals surface area contributed by atoms with Crippen LogP contribution in [-0.4, -0.2) is 23.7 Å². The number of carbonyl (C=O) groups is 2. The molecule has 11 heteroatoms. The third-order valence-electron chi connectivity index (χ3n) is 4.40. The standard InChI is InChI=1S/C22H15F3N2O5S/c1-13(28)27(16-4-2-3-14(9-16)22(23,24)25)21-26-15(11-33-21)5-8-20(29)32-17-6-7-18-19(10-17)31-12-30-18/h2-11H,12H2,1H3/b8-5+. The molecular formula is C22H15F3N2O5S. The number of thiazole rings is 1. The van der Waals surface area contributed by atoms with Gasteiger partial charge in [0.15, 0.2) is 16.6 Å². The Labute approximate surface area is 189 Å². The average molecular weight is 476 g/mol.